The molecule has 2 aliphatic heterocycles. The molecule has 0 aliphatic carbocycles. The van der Waals surface area contributed by atoms with Crippen LogP contribution < -0.4 is 4.90 Å². The van der Waals surface area contributed by atoms with Gasteiger partial charge in [-0.3, -0.25) is 9.69 Å². The molecule has 0 bridgehead atoms. The number of hydrogen-bond donors (Lipinski definition) is 0. The SMILES string of the molecule is CC(C)(C)S(=O)(=O)c1ccc(N2CCN(C(=O)CN3CCCC3)CC2)cn1. The molecule has 3 heterocycles. The molecule has 1 amide bonds. The number of anilines is 1. The van der Waals surface area contributed by atoms with E-state index in [0.717, 1.165) is 31.9 Å². The zero-order valence-corrected chi connectivity index (χ0v) is 17.3. The van der Waals surface area contributed by atoms with E-state index < -0.39 is 14.6 Å². The lowest BCUT2D eigenvalue weighted by molar-refractivity contribution is -0.132. The van der Waals surface area contributed by atoms with E-state index in [-0.39, 0.29) is 10.9 Å². The number of aromatic nitrogens is 1. The number of carbonyl (C=O) groups excluding carboxylic acids is 1. The Morgan fingerprint density at radius 1 is 1.04 bits per heavy atom. The summed E-state index contributed by atoms with van der Waals surface area (Å²) in [6.07, 6.45) is 4.00. The van der Waals surface area contributed by atoms with Gasteiger partial charge in [0.2, 0.25) is 5.91 Å². The van der Waals surface area contributed by atoms with Crippen molar-refractivity contribution in [3.05, 3.63) is 18.3 Å². The highest BCUT2D eigenvalue weighted by Crippen LogP contribution is 2.25. The minimum atomic E-state index is -3.44. The topological polar surface area (TPSA) is 73.8 Å². The first-order valence-corrected chi connectivity index (χ1v) is 11.1. The summed E-state index contributed by atoms with van der Waals surface area (Å²) in [5.74, 6) is 0.210. The van der Waals surface area contributed by atoms with E-state index in [4.69, 9.17) is 0 Å². The molecule has 7 nitrogen and oxygen atoms in total. The van der Waals surface area contributed by atoms with Crippen LogP contribution in [0.5, 0.6) is 0 Å². The number of sulfone groups is 1. The van der Waals surface area contributed by atoms with E-state index in [0.29, 0.717) is 19.6 Å². The molecule has 3 rings (SSSR count). The summed E-state index contributed by atoms with van der Waals surface area (Å²) in [5.41, 5.74) is 0.898. The van der Waals surface area contributed by atoms with Crippen LogP contribution in [0.3, 0.4) is 0 Å². The van der Waals surface area contributed by atoms with Gasteiger partial charge in [0, 0.05) is 26.2 Å². The number of amides is 1. The lowest BCUT2D eigenvalue weighted by Gasteiger charge is -2.36. The summed E-state index contributed by atoms with van der Waals surface area (Å²) in [7, 11) is -3.44. The van der Waals surface area contributed by atoms with Gasteiger partial charge in [-0.05, 0) is 58.8 Å². The van der Waals surface area contributed by atoms with Crippen molar-refractivity contribution in [1.82, 2.24) is 14.8 Å². The molecular formula is C19H30N4O3S. The van der Waals surface area contributed by atoms with Crippen LogP contribution in [0.1, 0.15) is 33.6 Å². The van der Waals surface area contributed by atoms with Crippen LogP contribution in [-0.4, -0.2) is 79.7 Å². The lowest BCUT2D eigenvalue weighted by Crippen LogP contribution is -2.51. The largest absolute Gasteiger partial charge is 0.367 e. The highest BCUT2D eigenvalue weighted by molar-refractivity contribution is 7.92. The normalized spacial score (nSPS) is 19.5. The molecule has 8 heteroatoms. The summed E-state index contributed by atoms with van der Waals surface area (Å²) in [6, 6.07) is 3.40. The van der Waals surface area contributed by atoms with Crippen LogP contribution >= 0.6 is 0 Å². The second kappa shape index (κ2) is 7.75. The summed E-state index contributed by atoms with van der Waals surface area (Å²) >= 11 is 0. The van der Waals surface area contributed by atoms with Crippen LogP contribution in [0.4, 0.5) is 5.69 Å². The average molecular weight is 395 g/mol. The smallest absolute Gasteiger partial charge is 0.236 e. The fourth-order valence-corrected chi connectivity index (χ4v) is 4.54. The molecule has 2 fully saturated rings. The second-order valence-corrected chi connectivity index (χ2v) is 11.0. The molecular weight excluding hydrogens is 364 g/mol. The zero-order valence-electron chi connectivity index (χ0n) is 16.5. The second-order valence-electron chi connectivity index (χ2n) is 8.32. The highest BCUT2D eigenvalue weighted by Gasteiger charge is 2.32. The van der Waals surface area contributed by atoms with Crippen molar-refractivity contribution >= 4 is 21.4 Å². The van der Waals surface area contributed by atoms with Gasteiger partial charge >= 0.3 is 0 Å². The average Bonchev–Trinajstić information content (AvgIpc) is 3.14. The Kier molecular flexibility index (Phi) is 5.76. The molecule has 2 aliphatic rings. The Morgan fingerprint density at radius 2 is 1.67 bits per heavy atom. The minimum Gasteiger partial charge on any atom is -0.367 e. The molecule has 0 aromatic carbocycles. The van der Waals surface area contributed by atoms with Crippen LogP contribution in [0, 0.1) is 0 Å². The van der Waals surface area contributed by atoms with Crippen molar-refractivity contribution in [3.8, 4) is 0 Å². The lowest BCUT2D eigenvalue weighted by atomic mass is 10.2. The predicted octanol–water partition coefficient (Wildman–Crippen LogP) is 1.40. The van der Waals surface area contributed by atoms with Gasteiger partial charge in [-0.25, -0.2) is 13.4 Å². The first-order valence-electron chi connectivity index (χ1n) is 9.64. The Morgan fingerprint density at radius 3 is 2.19 bits per heavy atom. The summed E-state index contributed by atoms with van der Waals surface area (Å²) in [6.45, 7) is 10.5. The number of likely N-dealkylation sites (tertiary alicyclic amines) is 1. The first kappa shape index (κ1) is 20.1. The van der Waals surface area contributed by atoms with Crippen molar-refractivity contribution < 1.29 is 13.2 Å². The van der Waals surface area contributed by atoms with Gasteiger partial charge in [0.25, 0.3) is 0 Å². The monoisotopic (exact) mass is 394 g/mol. The number of carbonyl (C=O) groups is 1. The molecule has 1 aromatic rings. The van der Waals surface area contributed by atoms with Crippen LogP contribution in [-0.2, 0) is 14.6 Å². The van der Waals surface area contributed by atoms with Crippen molar-refractivity contribution in [2.45, 2.75) is 43.4 Å². The van der Waals surface area contributed by atoms with Crippen LogP contribution in [0.25, 0.3) is 0 Å². The molecule has 0 N–H and O–H groups in total. The molecule has 1 aromatic heterocycles. The third-order valence-corrected chi connectivity index (χ3v) is 7.76. The van der Waals surface area contributed by atoms with Gasteiger partial charge in [-0.15, -0.1) is 0 Å². The van der Waals surface area contributed by atoms with E-state index in [1.807, 2.05) is 11.0 Å². The molecule has 0 atom stereocenters. The Labute approximate surface area is 162 Å². The van der Waals surface area contributed by atoms with Gasteiger partial charge in [0.1, 0.15) is 0 Å². The Bertz CT molecular complexity index is 757. The van der Waals surface area contributed by atoms with Gasteiger partial charge in [-0.1, -0.05) is 0 Å². The van der Waals surface area contributed by atoms with Crippen molar-refractivity contribution in [3.63, 3.8) is 0 Å². The van der Waals surface area contributed by atoms with Gasteiger partial charge in [-0.2, -0.15) is 0 Å². The van der Waals surface area contributed by atoms with E-state index >= 15 is 0 Å². The molecule has 0 saturated carbocycles. The molecule has 2 saturated heterocycles. The minimum absolute atomic E-state index is 0.109. The maximum atomic E-state index is 12.5. The number of piperazine rings is 1. The molecule has 150 valence electrons. The number of rotatable bonds is 4. The Hall–Kier alpha value is -1.67. The number of hydrogen-bond acceptors (Lipinski definition) is 6. The predicted molar refractivity (Wildman–Crippen MR) is 106 cm³/mol. The molecule has 0 spiro atoms. The number of nitrogens with zero attached hydrogens (tertiary/aromatic N) is 4. The quantitative estimate of drug-likeness (QED) is 0.769. The summed E-state index contributed by atoms with van der Waals surface area (Å²) < 4.78 is 24.1. The van der Waals surface area contributed by atoms with Gasteiger partial charge in [0.15, 0.2) is 14.9 Å². The first-order chi connectivity index (χ1) is 12.7. The van der Waals surface area contributed by atoms with E-state index in [2.05, 4.69) is 14.8 Å². The third kappa shape index (κ3) is 4.43. The molecule has 0 radical (unpaired) electrons. The van der Waals surface area contributed by atoms with Crippen LogP contribution in [0.2, 0.25) is 0 Å². The van der Waals surface area contributed by atoms with E-state index in [1.54, 1.807) is 33.0 Å². The van der Waals surface area contributed by atoms with Crippen molar-refractivity contribution in [2.75, 3.05) is 50.7 Å². The van der Waals surface area contributed by atoms with Crippen molar-refractivity contribution in [2.24, 2.45) is 0 Å². The maximum Gasteiger partial charge on any atom is 0.236 e. The maximum absolute atomic E-state index is 12.5. The number of pyridine rings is 1. The fraction of sp³-hybridized carbons (Fsp3) is 0.684. The van der Waals surface area contributed by atoms with Crippen molar-refractivity contribution in [1.29, 1.82) is 0 Å². The van der Waals surface area contributed by atoms with E-state index in [9.17, 15) is 13.2 Å². The highest BCUT2D eigenvalue weighted by atomic mass is 32.2. The van der Waals surface area contributed by atoms with Gasteiger partial charge < -0.3 is 9.80 Å². The molecule has 27 heavy (non-hydrogen) atoms. The fourth-order valence-electron chi connectivity index (χ4n) is 3.48. The Balaban J connectivity index is 1.57. The standard InChI is InChI=1S/C19H30N4O3S/c1-19(2,3)27(25,26)17-7-6-16(14-20-17)22-10-12-23(13-11-22)18(24)15-21-8-4-5-9-21/h6-7,14H,4-5,8-13,15H2,1-3H3. The van der Waals surface area contributed by atoms with E-state index in [1.165, 1.54) is 12.8 Å². The zero-order chi connectivity index (χ0) is 19.7. The third-order valence-electron chi connectivity index (χ3n) is 5.36. The summed E-state index contributed by atoms with van der Waals surface area (Å²) in [5, 5.41) is 0.109. The summed E-state index contributed by atoms with van der Waals surface area (Å²) in [4.78, 5) is 22.9. The van der Waals surface area contributed by atoms with Crippen LogP contribution in [0.15, 0.2) is 23.4 Å². The molecule has 0 unspecified atom stereocenters. The van der Waals surface area contributed by atoms with Gasteiger partial charge in [0.05, 0.1) is 23.2 Å².